The summed E-state index contributed by atoms with van der Waals surface area (Å²) in [6.45, 7) is 0. The first-order chi connectivity index (χ1) is 13.7. The number of thioether (sulfide) groups is 1. The fourth-order valence-corrected chi connectivity index (χ4v) is 3.75. The molecule has 1 N–H and O–H groups in total. The lowest BCUT2D eigenvalue weighted by atomic mass is 10.2. The van der Waals surface area contributed by atoms with Crippen LogP contribution in [0.3, 0.4) is 0 Å². The molecule has 0 fully saturated rings. The second kappa shape index (κ2) is 7.66. The largest absolute Gasteiger partial charge is 0.497 e. The van der Waals surface area contributed by atoms with Crippen LogP contribution in [0.2, 0.25) is 0 Å². The molecule has 0 unspecified atom stereocenters. The monoisotopic (exact) mass is 391 g/mol. The molecular formula is C20H17N5O2S. The van der Waals surface area contributed by atoms with Gasteiger partial charge in [0, 0.05) is 24.2 Å². The Bertz CT molecular complexity index is 1180. The molecule has 0 aliphatic heterocycles. The molecule has 0 atom stereocenters. The van der Waals surface area contributed by atoms with Gasteiger partial charge in [-0.3, -0.25) is 5.10 Å². The van der Waals surface area contributed by atoms with Crippen LogP contribution < -0.4 is 9.47 Å². The fourth-order valence-electron chi connectivity index (χ4n) is 2.98. The van der Waals surface area contributed by atoms with Crippen LogP contribution in [-0.4, -0.2) is 33.8 Å². The molecule has 0 aliphatic carbocycles. The van der Waals surface area contributed by atoms with E-state index in [0.717, 1.165) is 16.6 Å². The zero-order chi connectivity index (χ0) is 19.5. The smallest absolute Gasteiger partial charge is 0.209 e. The summed E-state index contributed by atoms with van der Waals surface area (Å²) in [6.07, 6.45) is 3.91. The quantitative estimate of drug-likeness (QED) is 0.502. The lowest BCUT2D eigenvalue weighted by Crippen LogP contribution is -1.91. The van der Waals surface area contributed by atoms with E-state index in [2.05, 4.69) is 21.3 Å². The maximum Gasteiger partial charge on any atom is 0.209 e. The fraction of sp³-hybridized carbons (Fsp3) is 0.150. The Balaban J connectivity index is 1.56. The van der Waals surface area contributed by atoms with Crippen LogP contribution in [-0.2, 0) is 5.75 Å². The summed E-state index contributed by atoms with van der Waals surface area (Å²) in [6, 6.07) is 13.6. The van der Waals surface area contributed by atoms with Gasteiger partial charge in [-0.2, -0.15) is 5.26 Å². The van der Waals surface area contributed by atoms with Gasteiger partial charge < -0.3 is 13.9 Å². The molecular weight excluding hydrogens is 374 g/mol. The summed E-state index contributed by atoms with van der Waals surface area (Å²) >= 11 is 1.47. The first-order valence-corrected chi connectivity index (χ1v) is 9.48. The number of H-pyrrole nitrogens is 1. The minimum Gasteiger partial charge on any atom is -0.497 e. The van der Waals surface area contributed by atoms with Crippen LogP contribution in [0, 0.1) is 11.3 Å². The molecule has 0 saturated carbocycles. The number of nitriles is 1. The van der Waals surface area contributed by atoms with Crippen molar-refractivity contribution in [3.8, 4) is 29.0 Å². The van der Waals surface area contributed by atoms with E-state index in [1.807, 2.05) is 47.1 Å². The SMILES string of the molecule is COc1ccc(-c2nc(SCc3cn4ccccc4c3C#N)n[nH]2)c(OC)c1. The molecule has 0 amide bonds. The number of benzene rings is 1. The molecule has 0 bridgehead atoms. The molecule has 7 nitrogen and oxygen atoms in total. The molecule has 1 aromatic carbocycles. The van der Waals surface area contributed by atoms with E-state index in [-0.39, 0.29) is 0 Å². The van der Waals surface area contributed by atoms with E-state index in [1.165, 1.54) is 11.8 Å². The van der Waals surface area contributed by atoms with Gasteiger partial charge in [0.2, 0.25) is 5.16 Å². The standard InChI is InChI=1S/C20H17N5O2S/c1-26-14-6-7-15(18(9-14)27-2)19-22-20(24-23-19)28-12-13-11-25-8-4-3-5-17(25)16(13)10-21/h3-9,11H,12H2,1-2H3,(H,22,23,24). The highest BCUT2D eigenvalue weighted by Crippen LogP contribution is 2.32. The Hall–Kier alpha value is -3.44. The lowest BCUT2D eigenvalue weighted by molar-refractivity contribution is 0.395. The van der Waals surface area contributed by atoms with Crippen molar-refractivity contribution in [2.75, 3.05) is 14.2 Å². The van der Waals surface area contributed by atoms with Crippen LogP contribution >= 0.6 is 11.8 Å². The predicted molar refractivity (Wildman–Crippen MR) is 107 cm³/mol. The number of nitrogens with zero attached hydrogens (tertiary/aromatic N) is 4. The van der Waals surface area contributed by atoms with Gasteiger partial charge in [0.1, 0.15) is 17.6 Å². The Morgan fingerprint density at radius 2 is 2.11 bits per heavy atom. The number of aromatic nitrogens is 4. The minimum absolute atomic E-state index is 0.599. The van der Waals surface area contributed by atoms with Gasteiger partial charge in [0.05, 0.1) is 30.9 Å². The Morgan fingerprint density at radius 1 is 1.21 bits per heavy atom. The first-order valence-electron chi connectivity index (χ1n) is 8.49. The van der Waals surface area contributed by atoms with E-state index >= 15 is 0 Å². The number of fused-ring (bicyclic) bond motifs is 1. The van der Waals surface area contributed by atoms with Crippen LogP contribution in [0.5, 0.6) is 11.5 Å². The third kappa shape index (κ3) is 3.28. The van der Waals surface area contributed by atoms with Gasteiger partial charge in [-0.05, 0) is 29.8 Å². The van der Waals surface area contributed by atoms with Crippen molar-refractivity contribution < 1.29 is 9.47 Å². The molecule has 0 radical (unpaired) electrons. The number of rotatable bonds is 6. The van der Waals surface area contributed by atoms with E-state index < -0.39 is 0 Å². The molecule has 3 aromatic heterocycles. The number of hydrogen-bond acceptors (Lipinski definition) is 6. The van der Waals surface area contributed by atoms with Gasteiger partial charge in [0.15, 0.2) is 5.82 Å². The van der Waals surface area contributed by atoms with Crippen molar-refractivity contribution in [2.45, 2.75) is 10.9 Å². The number of hydrogen-bond donors (Lipinski definition) is 1. The van der Waals surface area contributed by atoms with Crippen molar-refractivity contribution in [1.29, 1.82) is 5.26 Å². The molecule has 28 heavy (non-hydrogen) atoms. The van der Waals surface area contributed by atoms with E-state index in [0.29, 0.717) is 33.8 Å². The predicted octanol–water partition coefficient (Wildman–Crippen LogP) is 3.91. The normalized spacial score (nSPS) is 10.8. The van der Waals surface area contributed by atoms with Crippen LogP contribution in [0.25, 0.3) is 16.9 Å². The van der Waals surface area contributed by atoms with Crippen molar-refractivity contribution in [2.24, 2.45) is 0 Å². The molecule has 8 heteroatoms. The van der Waals surface area contributed by atoms with Crippen molar-refractivity contribution in [1.82, 2.24) is 19.6 Å². The molecule has 4 rings (SSSR count). The molecule has 0 aliphatic rings. The highest BCUT2D eigenvalue weighted by atomic mass is 32.2. The van der Waals surface area contributed by atoms with E-state index in [9.17, 15) is 5.26 Å². The summed E-state index contributed by atoms with van der Waals surface area (Å²) in [5.74, 6) is 2.57. The average Bonchev–Trinajstić information content (AvgIpc) is 3.35. The Kier molecular flexibility index (Phi) is 4.91. The highest BCUT2D eigenvalue weighted by Gasteiger charge is 2.14. The van der Waals surface area contributed by atoms with Crippen LogP contribution in [0.1, 0.15) is 11.1 Å². The summed E-state index contributed by atoms with van der Waals surface area (Å²) in [5.41, 5.74) is 3.34. The van der Waals surface area contributed by atoms with Crippen LogP contribution in [0.4, 0.5) is 0 Å². The number of ether oxygens (including phenoxy) is 2. The Labute approximate surface area is 165 Å². The van der Waals surface area contributed by atoms with E-state index in [1.54, 1.807) is 20.3 Å². The van der Waals surface area contributed by atoms with E-state index in [4.69, 9.17) is 9.47 Å². The zero-order valence-electron chi connectivity index (χ0n) is 15.3. The zero-order valence-corrected chi connectivity index (χ0v) is 16.2. The third-order valence-electron chi connectivity index (χ3n) is 4.36. The van der Waals surface area contributed by atoms with Crippen molar-refractivity contribution in [3.05, 3.63) is 59.9 Å². The van der Waals surface area contributed by atoms with Gasteiger partial charge in [0.25, 0.3) is 0 Å². The summed E-state index contributed by atoms with van der Waals surface area (Å²) in [5, 5.41) is 17.4. The Morgan fingerprint density at radius 3 is 2.89 bits per heavy atom. The third-order valence-corrected chi connectivity index (χ3v) is 5.26. The summed E-state index contributed by atoms with van der Waals surface area (Å²) in [4.78, 5) is 4.55. The summed E-state index contributed by atoms with van der Waals surface area (Å²) in [7, 11) is 3.21. The first kappa shape index (κ1) is 17.9. The molecule has 4 aromatic rings. The number of aromatic amines is 1. The highest BCUT2D eigenvalue weighted by molar-refractivity contribution is 7.98. The molecule has 0 saturated heterocycles. The van der Waals surface area contributed by atoms with Gasteiger partial charge in [-0.25, -0.2) is 4.98 Å². The topological polar surface area (TPSA) is 88.2 Å². The van der Waals surface area contributed by atoms with Crippen molar-refractivity contribution in [3.63, 3.8) is 0 Å². The molecule has 3 heterocycles. The lowest BCUT2D eigenvalue weighted by Gasteiger charge is -2.07. The summed E-state index contributed by atoms with van der Waals surface area (Å²) < 4.78 is 12.6. The number of nitrogens with one attached hydrogen (secondary N) is 1. The maximum atomic E-state index is 9.52. The van der Waals surface area contributed by atoms with Gasteiger partial charge in [-0.1, -0.05) is 17.8 Å². The number of pyridine rings is 1. The molecule has 0 spiro atoms. The molecule has 140 valence electrons. The maximum absolute atomic E-state index is 9.52. The minimum atomic E-state index is 0.599. The van der Waals surface area contributed by atoms with Gasteiger partial charge in [-0.15, -0.1) is 5.10 Å². The van der Waals surface area contributed by atoms with Crippen molar-refractivity contribution >= 4 is 17.3 Å². The average molecular weight is 391 g/mol. The number of methoxy groups -OCH3 is 2. The van der Waals surface area contributed by atoms with Gasteiger partial charge >= 0.3 is 0 Å². The second-order valence-electron chi connectivity index (χ2n) is 5.96. The van der Waals surface area contributed by atoms with Crippen LogP contribution in [0.15, 0.2) is 53.9 Å². The second-order valence-corrected chi connectivity index (χ2v) is 6.90.